The van der Waals surface area contributed by atoms with Gasteiger partial charge in [0.2, 0.25) is 0 Å². The molecule has 0 radical (unpaired) electrons. The fourth-order valence-electron chi connectivity index (χ4n) is 4.15. The number of halogens is 2. The smallest absolute Gasteiger partial charge is 0.275 e. The highest BCUT2D eigenvalue weighted by Crippen LogP contribution is 2.45. The molecule has 0 bridgehead atoms. The Hall–Kier alpha value is -1.24. The zero-order valence-electron chi connectivity index (χ0n) is 13.1. The standard InChI is InChI=1S/C16H16Cl2N4OS/c1-16-5-2-6-22(15(23)12-11(17)14(18)24-21-12)10(16)4-3-9-7-19-8-20-13(9)16/h7-8,10H,2-6H2,1H3/t10?,16-/m1/s1. The van der Waals surface area contributed by atoms with Gasteiger partial charge in [0, 0.05) is 24.2 Å². The monoisotopic (exact) mass is 382 g/mol. The van der Waals surface area contributed by atoms with E-state index in [0.29, 0.717) is 10.9 Å². The first-order valence-electron chi connectivity index (χ1n) is 7.93. The van der Waals surface area contributed by atoms with Crippen molar-refractivity contribution in [3.8, 4) is 0 Å². The molecule has 126 valence electrons. The first-order valence-corrected chi connectivity index (χ1v) is 9.46. The Labute approximate surface area is 154 Å². The number of amides is 1. The molecule has 0 N–H and O–H groups in total. The van der Waals surface area contributed by atoms with Crippen LogP contribution >= 0.6 is 34.7 Å². The number of aromatic nitrogens is 3. The van der Waals surface area contributed by atoms with E-state index in [-0.39, 0.29) is 28.1 Å². The van der Waals surface area contributed by atoms with Crippen molar-refractivity contribution in [2.45, 2.75) is 44.1 Å². The summed E-state index contributed by atoms with van der Waals surface area (Å²) in [5.74, 6) is -0.128. The van der Waals surface area contributed by atoms with Crippen LogP contribution in [0.5, 0.6) is 0 Å². The van der Waals surface area contributed by atoms with Crippen LogP contribution in [0.3, 0.4) is 0 Å². The Balaban J connectivity index is 1.72. The van der Waals surface area contributed by atoms with Gasteiger partial charge < -0.3 is 4.90 Å². The minimum absolute atomic E-state index is 0.0951. The number of hydrogen-bond acceptors (Lipinski definition) is 5. The third kappa shape index (κ3) is 2.35. The molecule has 0 saturated carbocycles. The number of fused-ring (bicyclic) bond motifs is 3. The molecule has 5 nitrogen and oxygen atoms in total. The number of rotatable bonds is 1. The molecule has 1 aliphatic carbocycles. The maximum Gasteiger partial charge on any atom is 0.275 e. The summed E-state index contributed by atoms with van der Waals surface area (Å²) < 4.78 is 4.52. The van der Waals surface area contributed by atoms with E-state index in [9.17, 15) is 4.79 Å². The number of aryl methyl sites for hydroxylation is 1. The van der Waals surface area contributed by atoms with Gasteiger partial charge in [0.1, 0.15) is 15.7 Å². The van der Waals surface area contributed by atoms with Crippen LogP contribution in [-0.4, -0.2) is 37.7 Å². The molecule has 0 aromatic carbocycles. The Kier molecular flexibility index (Phi) is 4.01. The molecule has 1 aliphatic heterocycles. The highest BCUT2D eigenvalue weighted by molar-refractivity contribution is 7.11. The lowest BCUT2D eigenvalue weighted by Crippen LogP contribution is -2.57. The molecule has 24 heavy (non-hydrogen) atoms. The Morgan fingerprint density at radius 1 is 1.46 bits per heavy atom. The minimum atomic E-state index is -0.156. The number of carbonyl (C=O) groups is 1. The highest BCUT2D eigenvalue weighted by atomic mass is 35.5. The van der Waals surface area contributed by atoms with Crippen LogP contribution in [0, 0.1) is 0 Å². The molecule has 2 aromatic rings. The summed E-state index contributed by atoms with van der Waals surface area (Å²) in [7, 11) is 0. The molecule has 1 fully saturated rings. The summed E-state index contributed by atoms with van der Waals surface area (Å²) in [5.41, 5.74) is 2.38. The third-order valence-electron chi connectivity index (χ3n) is 5.28. The lowest BCUT2D eigenvalue weighted by atomic mass is 9.65. The normalized spacial score (nSPS) is 26.0. The summed E-state index contributed by atoms with van der Waals surface area (Å²) in [5, 5.41) is 0.262. The molecule has 1 saturated heterocycles. The molecule has 8 heteroatoms. The van der Waals surface area contributed by atoms with Crippen LogP contribution in [-0.2, 0) is 11.8 Å². The van der Waals surface area contributed by atoms with Crippen LogP contribution in [0.4, 0.5) is 0 Å². The molecule has 2 atom stereocenters. The van der Waals surface area contributed by atoms with E-state index in [1.807, 2.05) is 11.1 Å². The summed E-state index contributed by atoms with van der Waals surface area (Å²) in [6.45, 7) is 2.92. The van der Waals surface area contributed by atoms with E-state index in [4.69, 9.17) is 23.2 Å². The van der Waals surface area contributed by atoms with E-state index in [0.717, 1.165) is 42.9 Å². The van der Waals surface area contributed by atoms with Gasteiger partial charge in [-0.25, -0.2) is 9.97 Å². The second-order valence-electron chi connectivity index (χ2n) is 6.59. The summed E-state index contributed by atoms with van der Waals surface area (Å²) in [4.78, 5) is 23.7. The molecule has 0 spiro atoms. The highest BCUT2D eigenvalue weighted by Gasteiger charge is 2.48. The van der Waals surface area contributed by atoms with Crippen LogP contribution in [0.25, 0.3) is 0 Å². The average Bonchev–Trinajstić information content (AvgIpc) is 2.92. The minimum Gasteiger partial charge on any atom is -0.333 e. The predicted octanol–water partition coefficient (Wildman–Crippen LogP) is 3.75. The first kappa shape index (κ1) is 16.2. The number of carbonyl (C=O) groups excluding carboxylic acids is 1. The molecular formula is C16H16Cl2N4OS. The number of nitrogens with zero attached hydrogens (tertiary/aromatic N) is 4. The zero-order valence-corrected chi connectivity index (χ0v) is 15.5. The third-order valence-corrected chi connectivity index (χ3v) is 6.89. The van der Waals surface area contributed by atoms with Crippen molar-refractivity contribution in [2.75, 3.05) is 6.54 Å². The van der Waals surface area contributed by atoms with E-state index >= 15 is 0 Å². The van der Waals surface area contributed by atoms with Gasteiger partial charge in [-0.3, -0.25) is 4.79 Å². The maximum absolute atomic E-state index is 13.0. The molecular weight excluding hydrogens is 367 g/mol. The van der Waals surface area contributed by atoms with Gasteiger partial charge in [0.25, 0.3) is 5.91 Å². The molecule has 2 aromatic heterocycles. The van der Waals surface area contributed by atoms with Gasteiger partial charge in [0.15, 0.2) is 5.69 Å². The van der Waals surface area contributed by atoms with Crippen LogP contribution < -0.4 is 0 Å². The van der Waals surface area contributed by atoms with Crippen LogP contribution in [0.1, 0.15) is 47.9 Å². The number of piperidine rings is 1. The van der Waals surface area contributed by atoms with Crippen molar-refractivity contribution >= 4 is 40.6 Å². The molecule has 1 amide bonds. The van der Waals surface area contributed by atoms with Crippen LogP contribution in [0.15, 0.2) is 12.5 Å². The van der Waals surface area contributed by atoms with Crippen molar-refractivity contribution in [3.63, 3.8) is 0 Å². The van der Waals surface area contributed by atoms with Crippen molar-refractivity contribution in [2.24, 2.45) is 0 Å². The van der Waals surface area contributed by atoms with E-state index in [1.165, 1.54) is 5.56 Å². The fraction of sp³-hybridized carbons (Fsp3) is 0.500. The first-order chi connectivity index (χ1) is 11.5. The Morgan fingerprint density at radius 2 is 2.29 bits per heavy atom. The van der Waals surface area contributed by atoms with Gasteiger partial charge >= 0.3 is 0 Å². The van der Waals surface area contributed by atoms with E-state index in [2.05, 4.69) is 21.3 Å². The number of hydrogen-bond donors (Lipinski definition) is 0. The van der Waals surface area contributed by atoms with Crippen molar-refractivity contribution in [3.05, 3.63) is 38.8 Å². The summed E-state index contributed by atoms with van der Waals surface area (Å²) in [6.07, 6.45) is 7.23. The predicted molar refractivity (Wildman–Crippen MR) is 93.9 cm³/mol. The van der Waals surface area contributed by atoms with Crippen molar-refractivity contribution in [1.29, 1.82) is 0 Å². The van der Waals surface area contributed by atoms with E-state index in [1.54, 1.807) is 6.33 Å². The van der Waals surface area contributed by atoms with Crippen molar-refractivity contribution < 1.29 is 4.79 Å². The van der Waals surface area contributed by atoms with Gasteiger partial charge in [-0.1, -0.05) is 30.1 Å². The molecule has 2 aliphatic rings. The average molecular weight is 383 g/mol. The van der Waals surface area contributed by atoms with Crippen molar-refractivity contribution in [1.82, 2.24) is 19.2 Å². The summed E-state index contributed by atoms with van der Waals surface area (Å²) in [6, 6.07) is 0.0951. The second kappa shape index (κ2) is 5.93. The molecule has 1 unspecified atom stereocenters. The largest absolute Gasteiger partial charge is 0.333 e. The fourth-order valence-corrected chi connectivity index (χ4v) is 5.14. The van der Waals surface area contributed by atoms with Gasteiger partial charge in [-0.05, 0) is 42.8 Å². The van der Waals surface area contributed by atoms with Gasteiger partial charge in [-0.2, -0.15) is 4.37 Å². The van der Waals surface area contributed by atoms with Gasteiger partial charge in [-0.15, -0.1) is 0 Å². The lowest BCUT2D eigenvalue weighted by molar-refractivity contribution is 0.0375. The molecule has 4 rings (SSSR count). The SMILES string of the molecule is C[C@@]12CCCN(C(=O)c3nsc(Cl)c3Cl)C1CCc1cncnc12. The quantitative estimate of drug-likeness (QED) is 0.753. The van der Waals surface area contributed by atoms with Crippen LogP contribution in [0.2, 0.25) is 9.36 Å². The maximum atomic E-state index is 13.0. The Bertz CT molecular complexity index is 811. The number of likely N-dealkylation sites (tertiary alicyclic amines) is 1. The lowest BCUT2D eigenvalue weighted by Gasteiger charge is -2.50. The molecule has 3 heterocycles. The summed E-state index contributed by atoms with van der Waals surface area (Å²) >= 11 is 13.2. The van der Waals surface area contributed by atoms with E-state index < -0.39 is 0 Å². The Morgan fingerprint density at radius 3 is 3.04 bits per heavy atom. The second-order valence-corrected chi connectivity index (χ2v) is 8.34. The topological polar surface area (TPSA) is 59.0 Å². The van der Waals surface area contributed by atoms with Gasteiger partial charge in [0.05, 0.1) is 5.69 Å². The zero-order chi connectivity index (χ0) is 16.9.